The smallest absolute Gasteiger partial charge is 0.358 e. The summed E-state index contributed by atoms with van der Waals surface area (Å²) >= 11 is 1.32. The van der Waals surface area contributed by atoms with Crippen molar-refractivity contribution in [3.63, 3.8) is 0 Å². The molecular weight excluding hydrogens is 316 g/mol. The van der Waals surface area contributed by atoms with Gasteiger partial charge in [0.1, 0.15) is 5.01 Å². The largest absolute Gasteiger partial charge is 0.451 e. The molecule has 1 amide bonds. The number of rotatable bonds is 8. The van der Waals surface area contributed by atoms with Gasteiger partial charge in [-0.05, 0) is 32.1 Å². The second-order valence-electron chi connectivity index (χ2n) is 5.34. The number of hydrogen-bond donors (Lipinski definition) is 1. The Morgan fingerprint density at radius 1 is 1.39 bits per heavy atom. The first-order valence-corrected chi connectivity index (χ1v) is 8.62. The van der Waals surface area contributed by atoms with Gasteiger partial charge in [0.05, 0.1) is 6.61 Å². The summed E-state index contributed by atoms with van der Waals surface area (Å²) < 4.78 is 9.90. The molecule has 0 atom stereocenters. The summed E-state index contributed by atoms with van der Waals surface area (Å²) in [7, 11) is 1.56. The summed E-state index contributed by atoms with van der Waals surface area (Å²) in [6.07, 6.45) is 7.88. The summed E-state index contributed by atoms with van der Waals surface area (Å²) in [6, 6.07) is 0. The fourth-order valence-corrected chi connectivity index (χ4v) is 3.08. The number of methoxy groups -OCH3 is 1. The van der Waals surface area contributed by atoms with E-state index in [2.05, 4.69) is 16.4 Å². The van der Waals surface area contributed by atoms with Crippen molar-refractivity contribution in [3.05, 3.63) is 27.7 Å². The van der Waals surface area contributed by atoms with Crippen LogP contribution in [0.3, 0.4) is 0 Å². The van der Waals surface area contributed by atoms with Crippen LogP contribution in [0.1, 0.15) is 47.6 Å². The van der Waals surface area contributed by atoms with Gasteiger partial charge in [-0.25, -0.2) is 9.78 Å². The number of nitrogens with one attached hydrogen (secondary N) is 1. The first-order valence-electron chi connectivity index (χ1n) is 7.74. The number of aromatic nitrogens is 1. The Morgan fingerprint density at radius 3 is 3.00 bits per heavy atom. The van der Waals surface area contributed by atoms with E-state index >= 15 is 0 Å². The highest BCUT2D eigenvalue weighted by Crippen LogP contribution is 2.19. The van der Waals surface area contributed by atoms with E-state index in [1.54, 1.807) is 12.5 Å². The van der Waals surface area contributed by atoms with Crippen LogP contribution in [0.2, 0.25) is 0 Å². The molecule has 0 spiro atoms. The second-order valence-corrected chi connectivity index (χ2v) is 6.29. The molecule has 0 saturated carbocycles. The number of thiazole rings is 1. The average Bonchev–Trinajstić information content (AvgIpc) is 3.03. The third-order valence-corrected chi connectivity index (χ3v) is 4.34. The zero-order valence-electron chi connectivity index (χ0n) is 13.3. The first-order chi connectivity index (χ1) is 11.2. The van der Waals surface area contributed by atoms with Crippen LogP contribution in [-0.2, 0) is 20.9 Å². The highest BCUT2D eigenvalue weighted by Gasteiger charge is 2.14. The molecule has 0 bridgehead atoms. The van der Waals surface area contributed by atoms with Crippen molar-refractivity contribution >= 4 is 23.2 Å². The van der Waals surface area contributed by atoms with Crippen molar-refractivity contribution in [2.75, 3.05) is 20.3 Å². The van der Waals surface area contributed by atoms with Crippen LogP contribution in [0.15, 0.2) is 17.0 Å². The summed E-state index contributed by atoms with van der Waals surface area (Å²) in [5.41, 5.74) is 1.61. The van der Waals surface area contributed by atoms with Crippen LogP contribution in [0.4, 0.5) is 0 Å². The number of nitrogens with zero attached hydrogens (tertiary/aromatic N) is 1. The van der Waals surface area contributed by atoms with Crippen molar-refractivity contribution in [2.24, 2.45) is 0 Å². The topological polar surface area (TPSA) is 77.5 Å². The fraction of sp³-hybridized carbons (Fsp3) is 0.562. The van der Waals surface area contributed by atoms with E-state index < -0.39 is 5.97 Å². The van der Waals surface area contributed by atoms with E-state index in [0.717, 1.165) is 19.3 Å². The first kappa shape index (κ1) is 17.6. The number of amides is 1. The van der Waals surface area contributed by atoms with Gasteiger partial charge in [-0.3, -0.25) is 4.79 Å². The Morgan fingerprint density at radius 2 is 2.26 bits per heavy atom. The number of allylic oxidation sites excluding steroid dienone is 1. The maximum atomic E-state index is 11.8. The Hall–Kier alpha value is -1.73. The lowest BCUT2D eigenvalue weighted by atomic mass is 9.97. The molecule has 0 aliphatic heterocycles. The van der Waals surface area contributed by atoms with Crippen LogP contribution in [0.5, 0.6) is 0 Å². The number of hydrogen-bond acceptors (Lipinski definition) is 6. The molecule has 0 unspecified atom stereocenters. The second kappa shape index (κ2) is 9.42. The molecule has 1 N–H and O–H groups in total. The van der Waals surface area contributed by atoms with Gasteiger partial charge in [0.2, 0.25) is 0 Å². The molecule has 7 heteroatoms. The molecule has 126 valence electrons. The molecule has 1 aliphatic rings. The zero-order valence-corrected chi connectivity index (χ0v) is 14.1. The lowest BCUT2D eigenvalue weighted by molar-refractivity contribution is -0.124. The molecule has 1 heterocycles. The highest BCUT2D eigenvalue weighted by atomic mass is 32.1. The van der Waals surface area contributed by atoms with Crippen LogP contribution >= 0.6 is 11.3 Å². The predicted octanol–water partition coefficient (Wildman–Crippen LogP) is 2.45. The predicted molar refractivity (Wildman–Crippen MR) is 87.3 cm³/mol. The molecule has 0 aromatic carbocycles. The minimum atomic E-state index is -0.589. The molecule has 1 aromatic rings. The zero-order chi connectivity index (χ0) is 16.5. The standard InChI is InChI=1S/C16H22N2O4S/c1-21-10-15-18-13(11-23-15)16(20)22-9-14(19)17-8-7-12-5-3-2-4-6-12/h5,11H,2-4,6-10H2,1H3,(H,17,19). The van der Waals surface area contributed by atoms with E-state index in [1.807, 2.05) is 0 Å². The molecule has 23 heavy (non-hydrogen) atoms. The van der Waals surface area contributed by atoms with Crippen LogP contribution in [-0.4, -0.2) is 37.1 Å². The van der Waals surface area contributed by atoms with Gasteiger partial charge >= 0.3 is 5.97 Å². The van der Waals surface area contributed by atoms with E-state index in [9.17, 15) is 9.59 Å². The maximum absolute atomic E-state index is 11.8. The molecular formula is C16H22N2O4S. The van der Waals surface area contributed by atoms with Crippen molar-refractivity contribution in [2.45, 2.75) is 38.7 Å². The number of carbonyl (C=O) groups is 2. The minimum absolute atomic E-state index is 0.210. The Bertz CT molecular complexity index is 568. The number of ether oxygens (including phenoxy) is 2. The monoisotopic (exact) mass is 338 g/mol. The summed E-state index contributed by atoms with van der Waals surface area (Å²) in [5, 5.41) is 5.07. The molecule has 1 aromatic heterocycles. The van der Waals surface area contributed by atoms with Gasteiger partial charge < -0.3 is 14.8 Å². The highest BCUT2D eigenvalue weighted by molar-refractivity contribution is 7.09. The number of carbonyl (C=O) groups excluding carboxylic acids is 2. The number of esters is 1. The molecule has 0 fully saturated rings. The van der Waals surface area contributed by atoms with Crippen LogP contribution in [0, 0.1) is 0 Å². The summed E-state index contributed by atoms with van der Waals surface area (Å²) in [6.45, 7) is 0.653. The third kappa shape index (κ3) is 6.11. The van der Waals surface area contributed by atoms with Gasteiger partial charge in [0.15, 0.2) is 12.3 Å². The third-order valence-electron chi connectivity index (χ3n) is 3.52. The van der Waals surface area contributed by atoms with E-state index in [0.29, 0.717) is 18.2 Å². The van der Waals surface area contributed by atoms with E-state index in [1.165, 1.54) is 29.8 Å². The van der Waals surface area contributed by atoms with Gasteiger partial charge in [-0.1, -0.05) is 11.6 Å². The Kier molecular flexibility index (Phi) is 7.22. The lowest BCUT2D eigenvalue weighted by Crippen LogP contribution is -2.30. The molecule has 6 nitrogen and oxygen atoms in total. The van der Waals surface area contributed by atoms with E-state index in [-0.39, 0.29) is 18.2 Å². The van der Waals surface area contributed by atoms with Crippen molar-refractivity contribution < 1.29 is 19.1 Å². The molecule has 0 saturated heterocycles. The lowest BCUT2D eigenvalue weighted by Gasteiger charge is -2.12. The van der Waals surface area contributed by atoms with Gasteiger partial charge in [0, 0.05) is 19.0 Å². The Balaban J connectivity index is 1.64. The maximum Gasteiger partial charge on any atom is 0.358 e. The normalized spacial score (nSPS) is 14.2. The fourth-order valence-electron chi connectivity index (χ4n) is 2.34. The van der Waals surface area contributed by atoms with Gasteiger partial charge in [-0.2, -0.15) is 0 Å². The van der Waals surface area contributed by atoms with Gasteiger partial charge in [0.25, 0.3) is 5.91 Å². The van der Waals surface area contributed by atoms with E-state index in [4.69, 9.17) is 9.47 Å². The van der Waals surface area contributed by atoms with Crippen LogP contribution < -0.4 is 5.32 Å². The van der Waals surface area contributed by atoms with Crippen molar-refractivity contribution in [1.29, 1.82) is 0 Å². The summed E-state index contributed by atoms with van der Waals surface area (Å²) in [5.74, 6) is -0.879. The Labute approximate surface area is 139 Å². The molecule has 2 rings (SSSR count). The minimum Gasteiger partial charge on any atom is -0.451 e. The molecule has 1 aliphatic carbocycles. The SMILES string of the molecule is COCc1nc(C(=O)OCC(=O)NCCC2=CCCCC2)cs1. The van der Waals surface area contributed by atoms with Crippen molar-refractivity contribution in [3.8, 4) is 0 Å². The quantitative estimate of drug-likeness (QED) is 0.582. The van der Waals surface area contributed by atoms with Gasteiger partial charge in [-0.15, -0.1) is 11.3 Å². The molecule has 0 radical (unpaired) electrons. The van der Waals surface area contributed by atoms with Crippen LogP contribution in [0.25, 0.3) is 0 Å². The van der Waals surface area contributed by atoms with Crippen molar-refractivity contribution in [1.82, 2.24) is 10.3 Å². The average molecular weight is 338 g/mol. The summed E-state index contributed by atoms with van der Waals surface area (Å²) in [4.78, 5) is 27.5.